The summed E-state index contributed by atoms with van der Waals surface area (Å²) in [6.45, 7) is 0.693. The highest BCUT2D eigenvalue weighted by molar-refractivity contribution is 5.77. The second-order valence-electron chi connectivity index (χ2n) is 4.46. The Morgan fingerprint density at radius 3 is 2.79 bits per heavy atom. The first kappa shape index (κ1) is 13.8. The molecule has 5 nitrogen and oxygen atoms in total. The Hall–Kier alpha value is -1.59. The first-order valence-corrected chi connectivity index (χ1v) is 6.47. The number of ether oxygens (including phenoxy) is 2. The minimum Gasteiger partial charge on any atom is -0.497 e. The summed E-state index contributed by atoms with van der Waals surface area (Å²) in [7, 11) is 1.61. The quantitative estimate of drug-likeness (QED) is 0.825. The molecule has 1 amide bonds. The Bertz CT molecular complexity index is 398. The lowest BCUT2D eigenvalue weighted by molar-refractivity contribution is -0.200. The number of benzene rings is 1. The number of carbonyl (C=O) groups excluding carboxylic acids is 1. The highest BCUT2D eigenvalue weighted by atomic mass is 16.8. The normalized spacial score (nSPS) is 18.9. The maximum absolute atomic E-state index is 11.7. The van der Waals surface area contributed by atoms with Crippen LogP contribution in [0.15, 0.2) is 24.3 Å². The number of amides is 1. The van der Waals surface area contributed by atoms with Crippen molar-refractivity contribution in [1.29, 1.82) is 0 Å². The zero-order chi connectivity index (χ0) is 13.5. The van der Waals surface area contributed by atoms with E-state index in [1.54, 1.807) is 7.11 Å². The Kier molecular flexibility index (Phi) is 5.18. The van der Waals surface area contributed by atoms with Crippen molar-refractivity contribution in [2.24, 2.45) is 0 Å². The van der Waals surface area contributed by atoms with Gasteiger partial charge in [0.15, 0.2) is 6.29 Å². The van der Waals surface area contributed by atoms with E-state index in [1.807, 2.05) is 24.3 Å². The fourth-order valence-electron chi connectivity index (χ4n) is 1.90. The minimum atomic E-state index is -0.312. The summed E-state index contributed by atoms with van der Waals surface area (Å²) in [5.41, 5.74) is 3.34. The molecular formula is C14H19NO4. The van der Waals surface area contributed by atoms with Gasteiger partial charge < -0.3 is 9.47 Å². The van der Waals surface area contributed by atoms with E-state index in [4.69, 9.17) is 14.3 Å². The van der Waals surface area contributed by atoms with E-state index in [-0.39, 0.29) is 18.6 Å². The second-order valence-corrected chi connectivity index (χ2v) is 4.46. The van der Waals surface area contributed by atoms with E-state index < -0.39 is 0 Å². The monoisotopic (exact) mass is 265 g/mol. The van der Waals surface area contributed by atoms with Crippen molar-refractivity contribution in [3.63, 3.8) is 0 Å². The Morgan fingerprint density at radius 2 is 2.16 bits per heavy atom. The molecular weight excluding hydrogens is 246 g/mol. The topological polar surface area (TPSA) is 56.8 Å². The van der Waals surface area contributed by atoms with Gasteiger partial charge in [-0.1, -0.05) is 12.1 Å². The van der Waals surface area contributed by atoms with Gasteiger partial charge in [-0.15, -0.1) is 0 Å². The molecule has 5 heteroatoms. The van der Waals surface area contributed by atoms with Gasteiger partial charge in [0, 0.05) is 13.0 Å². The lowest BCUT2D eigenvalue weighted by atomic mass is 10.1. The van der Waals surface area contributed by atoms with Crippen molar-refractivity contribution in [2.45, 2.75) is 32.0 Å². The van der Waals surface area contributed by atoms with E-state index in [0.717, 1.165) is 30.6 Å². The molecule has 1 heterocycles. The predicted octanol–water partition coefficient (Wildman–Crippen LogP) is 1.81. The summed E-state index contributed by atoms with van der Waals surface area (Å²) in [5, 5.41) is 0. The molecule has 0 aliphatic carbocycles. The van der Waals surface area contributed by atoms with Gasteiger partial charge in [0.05, 0.1) is 13.5 Å². The Balaban J connectivity index is 1.73. The van der Waals surface area contributed by atoms with Crippen LogP contribution in [0.25, 0.3) is 0 Å². The number of hydrogen-bond acceptors (Lipinski definition) is 4. The Morgan fingerprint density at radius 1 is 1.37 bits per heavy atom. The van der Waals surface area contributed by atoms with Crippen LogP contribution in [0, 0.1) is 0 Å². The SMILES string of the molecule is COc1ccc(CC(=O)NOC2CCCCO2)cc1. The van der Waals surface area contributed by atoms with Crippen LogP contribution in [0.5, 0.6) is 5.75 Å². The van der Waals surface area contributed by atoms with Gasteiger partial charge in [0.2, 0.25) is 5.91 Å². The standard InChI is InChI=1S/C14H19NO4/c1-17-12-7-5-11(6-8-12)10-13(16)15-19-14-4-2-3-9-18-14/h5-8,14H,2-4,9-10H2,1H3,(H,15,16). The van der Waals surface area contributed by atoms with E-state index in [1.165, 1.54) is 0 Å². The van der Waals surface area contributed by atoms with Gasteiger partial charge in [0.1, 0.15) is 5.75 Å². The molecule has 0 saturated carbocycles. The molecule has 19 heavy (non-hydrogen) atoms. The Labute approximate surface area is 112 Å². The van der Waals surface area contributed by atoms with Crippen molar-refractivity contribution in [1.82, 2.24) is 5.48 Å². The average Bonchev–Trinajstić information content (AvgIpc) is 2.47. The summed E-state index contributed by atoms with van der Waals surface area (Å²) in [4.78, 5) is 16.9. The molecule has 1 aromatic carbocycles. The summed E-state index contributed by atoms with van der Waals surface area (Å²) >= 11 is 0. The fraction of sp³-hybridized carbons (Fsp3) is 0.500. The maximum Gasteiger partial charge on any atom is 0.248 e. The lowest BCUT2D eigenvalue weighted by Gasteiger charge is -2.22. The van der Waals surface area contributed by atoms with E-state index >= 15 is 0 Å². The predicted molar refractivity (Wildman–Crippen MR) is 69.5 cm³/mol. The van der Waals surface area contributed by atoms with Crippen LogP contribution in [0.1, 0.15) is 24.8 Å². The van der Waals surface area contributed by atoms with Crippen LogP contribution >= 0.6 is 0 Å². The molecule has 1 fully saturated rings. The summed E-state index contributed by atoms with van der Waals surface area (Å²) in [6, 6.07) is 7.37. The number of hydrogen-bond donors (Lipinski definition) is 1. The van der Waals surface area contributed by atoms with Crippen LogP contribution < -0.4 is 10.2 Å². The van der Waals surface area contributed by atoms with Crippen molar-refractivity contribution in [2.75, 3.05) is 13.7 Å². The highest BCUT2D eigenvalue weighted by Gasteiger charge is 2.15. The molecule has 1 aromatic rings. The second kappa shape index (κ2) is 7.11. The summed E-state index contributed by atoms with van der Waals surface area (Å²) < 4.78 is 10.4. The van der Waals surface area contributed by atoms with Gasteiger partial charge >= 0.3 is 0 Å². The third kappa shape index (κ3) is 4.54. The molecule has 0 aromatic heterocycles. The molecule has 1 aliphatic rings. The number of rotatable bonds is 5. The van der Waals surface area contributed by atoms with Crippen LogP contribution in [0.2, 0.25) is 0 Å². The van der Waals surface area contributed by atoms with Crippen molar-refractivity contribution >= 4 is 5.91 Å². The van der Waals surface area contributed by atoms with Crippen LogP contribution in [0.4, 0.5) is 0 Å². The first-order valence-electron chi connectivity index (χ1n) is 6.47. The lowest BCUT2D eigenvalue weighted by Crippen LogP contribution is -2.33. The van der Waals surface area contributed by atoms with E-state index in [9.17, 15) is 4.79 Å². The van der Waals surface area contributed by atoms with Gasteiger partial charge in [-0.05, 0) is 30.5 Å². The number of nitrogens with one attached hydrogen (secondary N) is 1. The third-order valence-corrected chi connectivity index (χ3v) is 2.97. The van der Waals surface area contributed by atoms with E-state index in [0.29, 0.717) is 6.61 Å². The zero-order valence-corrected chi connectivity index (χ0v) is 11.1. The summed E-state index contributed by atoms with van der Waals surface area (Å²) in [5.74, 6) is 0.593. The van der Waals surface area contributed by atoms with E-state index in [2.05, 4.69) is 5.48 Å². The fourth-order valence-corrected chi connectivity index (χ4v) is 1.90. The molecule has 1 atom stereocenters. The first-order chi connectivity index (χ1) is 9.28. The maximum atomic E-state index is 11.7. The van der Waals surface area contributed by atoms with Crippen LogP contribution in [0.3, 0.4) is 0 Å². The van der Waals surface area contributed by atoms with Crippen molar-refractivity contribution in [3.05, 3.63) is 29.8 Å². The highest BCUT2D eigenvalue weighted by Crippen LogP contribution is 2.13. The van der Waals surface area contributed by atoms with Gasteiger partial charge in [0.25, 0.3) is 0 Å². The minimum absolute atomic E-state index is 0.181. The molecule has 1 N–H and O–H groups in total. The number of carbonyl (C=O) groups is 1. The molecule has 1 saturated heterocycles. The van der Waals surface area contributed by atoms with Gasteiger partial charge in [-0.25, -0.2) is 10.3 Å². The molecule has 104 valence electrons. The number of hydroxylamine groups is 1. The molecule has 2 rings (SSSR count). The largest absolute Gasteiger partial charge is 0.497 e. The van der Waals surface area contributed by atoms with Crippen molar-refractivity contribution < 1.29 is 19.1 Å². The van der Waals surface area contributed by atoms with Crippen LogP contribution in [-0.4, -0.2) is 25.9 Å². The molecule has 0 bridgehead atoms. The smallest absolute Gasteiger partial charge is 0.248 e. The number of methoxy groups -OCH3 is 1. The zero-order valence-electron chi connectivity index (χ0n) is 11.1. The molecule has 1 aliphatic heterocycles. The molecule has 0 radical (unpaired) electrons. The molecule has 0 spiro atoms. The van der Waals surface area contributed by atoms with Crippen molar-refractivity contribution in [3.8, 4) is 5.75 Å². The summed E-state index contributed by atoms with van der Waals surface area (Å²) in [6.07, 6.45) is 2.91. The third-order valence-electron chi connectivity index (χ3n) is 2.97. The average molecular weight is 265 g/mol. The molecule has 1 unspecified atom stereocenters. The van der Waals surface area contributed by atoms with Crippen LogP contribution in [-0.2, 0) is 20.8 Å². The van der Waals surface area contributed by atoms with Gasteiger partial charge in [-0.2, -0.15) is 0 Å². The van der Waals surface area contributed by atoms with Gasteiger partial charge in [-0.3, -0.25) is 4.79 Å².